The molecule has 0 spiro atoms. The lowest BCUT2D eigenvalue weighted by atomic mass is 9.85. The van der Waals surface area contributed by atoms with Gasteiger partial charge in [-0.15, -0.1) is 0 Å². The molecule has 2 amide bonds. The monoisotopic (exact) mass is 364 g/mol. The molecule has 1 aromatic carbocycles. The molecule has 1 aliphatic heterocycles. The summed E-state index contributed by atoms with van der Waals surface area (Å²) in [7, 11) is 0. The van der Waals surface area contributed by atoms with Crippen LogP contribution in [-0.4, -0.2) is 42.6 Å². The summed E-state index contributed by atoms with van der Waals surface area (Å²) in [4.78, 5) is 25.9. The topological polar surface area (TPSA) is 58.6 Å². The van der Waals surface area contributed by atoms with Crippen molar-refractivity contribution in [1.82, 2.24) is 10.2 Å². The second-order valence-electron chi connectivity index (χ2n) is 7.13. The van der Waals surface area contributed by atoms with Crippen LogP contribution in [-0.2, 0) is 9.53 Å². The number of nitrogens with zero attached hydrogens (tertiary/aromatic N) is 1. The van der Waals surface area contributed by atoms with E-state index < -0.39 is 0 Å². The maximum atomic E-state index is 13.1. The van der Waals surface area contributed by atoms with Crippen molar-refractivity contribution in [2.24, 2.45) is 5.92 Å². The molecule has 1 N–H and O–H groups in total. The molecule has 0 bridgehead atoms. The van der Waals surface area contributed by atoms with Crippen molar-refractivity contribution in [3.05, 3.63) is 35.6 Å². The van der Waals surface area contributed by atoms with Crippen LogP contribution in [0.3, 0.4) is 0 Å². The standard InChI is InChI=1S/C20H29FN2O3/c1-4-26-20(25)23-11-9-17(10-12-23)22-19(24)13-18(14(2)3)15-5-7-16(21)8-6-15/h5-8,14,17-18H,4,9-13H2,1-3H3,(H,22,24). The number of ether oxygens (including phenoxy) is 1. The largest absolute Gasteiger partial charge is 0.450 e. The Morgan fingerprint density at radius 3 is 2.38 bits per heavy atom. The predicted octanol–water partition coefficient (Wildman–Crippen LogP) is 3.69. The highest BCUT2D eigenvalue weighted by Crippen LogP contribution is 2.28. The number of halogens is 1. The number of carbonyl (C=O) groups is 2. The average Bonchev–Trinajstić information content (AvgIpc) is 2.61. The van der Waals surface area contributed by atoms with Crippen molar-refractivity contribution in [2.45, 2.75) is 52.0 Å². The van der Waals surface area contributed by atoms with Crippen LogP contribution >= 0.6 is 0 Å². The molecule has 1 heterocycles. The lowest BCUT2D eigenvalue weighted by molar-refractivity contribution is -0.122. The van der Waals surface area contributed by atoms with Gasteiger partial charge in [0, 0.05) is 25.6 Å². The fourth-order valence-corrected chi connectivity index (χ4v) is 3.36. The van der Waals surface area contributed by atoms with Crippen LogP contribution < -0.4 is 5.32 Å². The summed E-state index contributed by atoms with van der Waals surface area (Å²) in [5.41, 5.74) is 0.980. The zero-order chi connectivity index (χ0) is 19.1. The number of carbonyl (C=O) groups excluding carboxylic acids is 2. The molecule has 0 radical (unpaired) electrons. The van der Waals surface area contributed by atoms with Crippen molar-refractivity contribution in [3.63, 3.8) is 0 Å². The Hall–Kier alpha value is -2.11. The minimum absolute atomic E-state index is 0.00242. The van der Waals surface area contributed by atoms with Gasteiger partial charge in [-0.1, -0.05) is 26.0 Å². The number of benzene rings is 1. The quantitative estimate of drug-likeness (QED) is 0.837. The van der Waals surface area contributed by atoms with E-state index in [2.05, 4.69) is 19.2 Å². The van der Waals surface area contributed by atoms with Crippen LogP contribution in [0.25, 0.3) is 0 Å². The van der Waals surface area contributed by atoms with E-state index in [4.69, 9.17) is 4.74 Å². The third kappa shape index (κ3) is 5.71. The van der Waals surface area contributed by atoms with Gasteiger partial charge in [0.1, 0.15) is 5.82 Å². The van der Waals surface area contributed by atoms with E-state index in [1.54, 1.807) is 24.0 Å². The summed E-state index contributed by atoms with van der Waals surface area (Å²) < 4.78 is 18.2. The number of hydrogen-bond donors (Lipinski definition) is 1. The fourth-order valence-electron chi connectivity index (χ4n) is 3.36. The Balaban J connectivity index is 1.85. The summed E-state index contributed by atoms with van der Waals surface area (Å²) in [5, 5.41) is 3.09. The van der Waals surface area contributed by atoms with Gasteiger partial charge >= 0.3 is 6.09 Å². The van der Waals surface area contributed by atoms with E-state index in [0.29, 0.717) is 26.1 Å². The van der Waals surface area contributed by atoms with Gasteiger partial charge in [-0.05, 0) is 49.3 Å². The SMILES string of the molecule is CCOC(=O)N1CCC(NC(=O)CC(c2ccc(F)cc2)C(C)C)CC1. The molecule has 1 unspecified atom stereocenters. The smallest absolute Gasteiger partial charge is 0.409 e. The Bertz CT molecular complexity index is 596. The highest BCUT2D eigenvalue weighted by molar-refractivity contribution is 5.77. The molecule has 1 aromatic rings. The molecule has 0 aliphatic carbocycles. The molecule has 1 aliphatic rings. The highest BCUT2D eigenvalue weighted by atomic mass is 19.1. The minimum atomic E-state index is -0.284. The molecular weight excluding hydrogens is 335 g/mol. The molecule has 0 aromatic heterocycles. The normalized spacial score (nSPS) is 16.4. The first-order valence-corrected chi connectivity index (χ1v) is 9.37. The second-order valence-corrected chi connectivity index (χ2v) is 7.13. The van der Waals surface area contributed by atoms with Crippen molar-refractivity contribution < 1.29 is 18.7 Å². The fraction of sp³-hybridized carbons (Fsp3) is 0.600. The number of nitrogens with one attached hydrogen (secondary N) is 1. The molecule has 0 saturated carbocycles. The molecule has 1 atom stereocenters. The zero-order valence-corrected chi connectivity index (χ0v) is 15.8. The van der Waals surface area contributed by atoms with E-state index >= 15 is 0 Å². The Labute approximate surface area is 154 Å². The first-order chi connectivity index (χ1) is 12.4. The van der Waals surface area contributed by atoms with Gasteiger partial charge < -0.3 is 15.0 Å². The van der Waals surface area contributed by atoms with Crippen LogP contribution in [0.15, 0.2) is 24.3 Å². The average molecular weight is 364 g/mol. The molecular formula is C20H29FN2O3. The number of likely N-dealkylation sites (tertiary alicyclic amines) is 1. The number of hydrogen-bond acceptors (Lipinski definition) is 3. The van der Waals surface area contributed by atoms with Crippen molar-refractivity contribution in [1.29, 1.82) is 0 Å². The first kappa shape index (κ1) is 20.2. The molecule has 144 valence electrons. The highest BCUT2D eigenvalue weighted by Gasteiger charge is 2.26. The second kappa shape index (κ2) is 9.55. The van der Waals surface area contributed by atoms with Crippen molar-refractivity contribution >= 4 is 12.0 Å². The van der Waals surface area contributed by atoms with E-state index in [-0.39, 0.29) is 35.7 Å². The van der Waals surface area contributed by atoms with Gasteiger partial charge in [-0.3, -0.25) is 4.79 Å². The Morgan fingerprint density at radius 1 is 1.23 bits per heavy atom. The van der Waals surface area contributed by atoms with Gasteiger partial charge in [0.2, 0.25) is 5.91 Å². The molecule has 1 fully saturated rings. The van der Waals surface area contributed by atoms with Crippen LogP contribution in [0.1, 0.15) is 51.5 Å². The third-order valence-corrected chi connectivity index (χ3v) is 4.89. The molecule has 6 heteroatoms. The third-order valence-electron chi connectivity index (χ3n) is 4.89. The number of piperidine rings is 1. The van der Waals surface area contributed by atoms with Gasteiger partial charge in [-0.25, -0.2) is 9.18 Å². The van der Waals surface area contributed by atoms with Crippen molar-refractivity contribution in [3.8, 4) is 0 Å². The minimum Gasteiger partial charge on any atom is -0.450 e. The van der Waals surface area contributed by atoms with Gasteiger partial charge in [0.15, 0.2) is 0 Å². The maximum Gasteiger partial charge on any atom is 0.409 e. The molecule has 2 rings (SSSR count). The summed E-state index contributed by atoms with van der Waals surface area (Å²) in [5.74, 6) is 0.0590. The van der Waals surface area contributed by atoms with Crippen LogP contribution in [0.5, 0.6) is 0 Å². The lowest BCUT2D eigenvalue weighted by Gasteiger charge is -2.32. The predicted molar refractivity (Wildman–Crippen MR) is 98.4 cm³/mol. The number of amides is 2. The summed E-state index contributed by atoms with van der Waals surface area (Å²) in [6, 6.07) is 6.46. The van der Waals surface area contributed by atoms with E-state index in [1.165, 1.54) is 12.1 Å². The molecule has 5 nitrogen and oxygen atoms in total. The van der Waals surface area contributed by atoms with Gasteiger partial charge in [-0.2, -0.15) is 0 Å². The van der Waals surface area contributed by atoms with E-state index in [9.17, 15) is 14.0 Å². The Morgan fingerprint density at radius 2 is 1.85 bits per heavy atom. The van der Waals surface area contributed by atoms with Crippen LogP contribution in [0.2, 0.25) is 0 Å². The summed E-state index contributed by atoms with van der Waals surface area (Å²) >= 11 is 0. The van der Waals surface area contributed by atoms with E-state index in [0.717, 1.165) is 18.4 Å². The van der Waals surface area contributed by atoms with Crippen molar-refractivity contribution in [2.75, 3.05) is 19.7 Å². The van der Waals surface area contributed by atoms with Crippen LogP contribution in [0, 0.1) is 11.7 Å². The zero-order valence-electron chi connectivity index (χ0n) is 15.8. The van der Waals surface area contributed by atoms with Gasteiger partial charge in [0.25, 0.3) is 0 Å². The van der Waals surface area contributed by atoms with E-state index in [1.807, 2.05) is 0 Å². The summed E-state index contributed by atoms with van der Waals surface area (Å²) in [6.07, 6.45) is 1.55. The first-order valence-electron chi connectivity index (χ1n) is 9.37. The summed E-state index contributed by atoms with van der Waals surface area (Å²) in [6.45, 7) is 7.48. The maximum absolute atomic E-state index is 13.1. The lowest BCUT2D eigenvalue weighted by Crippen LogP contribution is -2.47. The number of rotatable bonds is 6. The molecule has 1 saturated heterocycles. The Kier molecular flexibility index (Phi) is 7.42. The van der Waals surface area contributed by atoms with Gasteiger partial charge in [0.05, 0.1) is 6.61 Å². The van der Waals surface area contributed by atoms with Crippen LogP contribution in [0.4, 0.5) is 9.18 Å². The molecule has 26 heavy (non-hydrogen) atoms.